The van der Waals surface area contributed by atoms with Gasteiger partial charge in [0.15, 0.2) is 17.5 Å². The van der Waals surface area contributed by atoms with Crippen LogP contribution in [0.5, 0.6) is 0 Å². The molecule has 2 amide bonds. The highest BCUT2D eigenvalue weighted by Crippen LogP contribution is 2.42. The Morgan fingerprint density at radius 3 is 2.29 bits per heavy atom. The van der Waals surface area contributed by atoms with Crippen LogP contribution in [-0.2, 0) is 4.79 Å². The van der Waals surface area contributed by atoms with E-state index in [1.807, 2.05) is 27.7 Å². The Morgan fingerprint density at radius 1 is 1.26 bits per heavy atom. The minimum Gasteiger partial charge on any atom is -0.448 e. The number of halogens is 1. The van der Waals surface area contributed by atoms with E-state index in [4.69, 9.17) is 15.3 Å². The van der Waals surface area contributed by atoms with Crippen LogP contribution in [0.3, 0.4) is 0 Å². The second-order valence-electron chi connectivity index (χ2n) is 8.01. The van der Waals surface area contributed by atoms with Crippen molar-refractivity contribution in [2.45, 2.75) is 74.5 Å². The number of hydrogen-bond acceptors (Lipinski definition) is 7. The number of hydrogen-bond donors (Lipinski definition) is 3. The Hall–Kier alpha value is -3.27. The molecule has 1 aromatic heterocycles. The number of amides is 2. The quantitative estimate of drug-likeness (QED) is 0.569. The van der Waals surface area contributed by atoms with Gasteiger partial charge in [-0.2, -0.15) is 0 Å². The van der Waals surface area contributed by atoms with Crippen LogP contribution in [0.1, 0.15) is 83.4 Å². The number of guanidine groups is 1. The van der Waals surface area contributed by atoms with Crippen molar-refractivity contribution in [2.75, 3.05) is 12.4 Å². The number of rotatable bonds is 3. The molecule has 1 aliphatic heterocycles. The van der Waals surface area contributed by atoms with Crippen LogP contribution in [0.2, 0.25) is 0 Å². The monoisotopic (exact) mass is 493 g/mol. The van der Waals surface area contributed by atoms with Gasteiger partial charge in [0.2, 0.25) is 5.91 Å². The van der Waals surface area contributed by atoms with Gasteiger partial charge in [0.1, 0.15) is 12.1 Å². The molecule has 1 aromatic carbocycles. The number of aliphatic hydroxyl groups excluding tert-OH is 1. The molecule has 0 radical (unpaired) electrons. The molecular formula is C25H40FN5O4. The molecule has 4 N–H and O–H groups in total. The summed E-state index contributed by atoms with van der Waals surface area (Å²) in [5.41, 5.74) is 5.41. The molecule has 1 unspecified atom stereocenters. The maximum absolute atomic E-state index is 14.5. The highest BCUT2D eigenvalue weighted by atomic mass is 19.1. The van der Waals surface area contributed by atoms with Crippen LogP contribution in [-0.4, -0.2) is 45.9 Å². The lowest BCUT2D eigenvalue weighted by molar-refractivity contribution is -0.137. The Morgan fingerprint density at radius 2 is 1.80 bits per heavy atom. The van der Waals surface area contributed by atoms with Crippen molar-refractivity contribution in [3.05, 3.63) is 47.4 Å². The largest absolute Gasteiger partial charge is 0.448 e. The average molecular weight is 494 g/mol. The number of aliphatic imine (C=N–C) groups is 1. The van der Waals surface area contributed by atoms with E-state index in [0.717, 1.165) is 0 Å². The number of carbonyl (C=O) groups is 2. The number of nitrogens with two attached hydrogens (primary N) is 1. The molecule has 0 saturated carbocycles. The van der Waals surface area contributed by atoms with Gasteiger partial charge in [-0.25, -0.2) is 14.4 Å². The number of oxazole rings is 1. The number of nitrogens with zero attached hydrogens (tertiary/aromatic N) is 3. The van der Waals surface area contributed by atoms with Crippen LogP contribution in [0, 0.1) is 18.2 Å². The molecule has 1 aliphatic rings. The molecular weight excluding hydrogens is 453 g/mol. The number of nitrogens with one attached hydrogen (secondary N) is 1. The smallest absolute Gasteiger partial charge is 0.277 e. The minimum atomic E-state index is -1.01. The molecule has 2 aromatic rings. The Labute approximate surface area is 207 Å². The molecule has 10 heteroatoms. The summed E-state index contributed by atoms with van der Waals surface area (Å²) in [4.78, 5) is 34.3. The molecule has 2 heterocycles. The number of carbonyl (C=O) groups excluding carboxylic acids is 2. The third kappa shape index (κ3) is 8.47. The van der Waals surface area contributed by atoms with Crippen molar-refractivity contribution in [3.63, 3.8) is 0 Å². The minimum absolute atomic E-state index is 0.0104. The highest BCUT2D eigenvalue weighted by molar-refractivity contribution is 6.03. The number of anilines is 1. The van der Waals surface area contributed by atoms with Crippen LogP contribution in [0.15, 0.2) is 33.9 Å². The van der Waals surface area contributed by atoms with Gasteiger partial charge in [-0.05, 0) is 45.9 Å². The van der Waals surface area contributed by atoms with Crippen LogP contribution < -0.4 is 11.1 Å². The van der Waals surface area contributed by atoms with E-state index in [9.17, 15) is 14.0 Å². The van der Waals surface area contributed by atoms with Gasteiger partial charge in [-0.1, -0.05) is 27.7 Å². The van der Waals surface area contributed by atoms with Gasteiger partial charge in [0.05, 0.1) is 11.5 Å². The summed E-state index contributed by atoms with van der Waals surface area (Å²) in [6, 6.07) is 3.25. The molecule has 0 fully saturated rings. The highest BCUT2D eigenvalue weighted by Gasteiger charge is 2.45. The zero-order valence-corrected chi connectivity index (χ0v) is 22.4. The number of aromatic nitrogens is 1. The first-order chi connectivity index (χ1) is 16.3. The lowest BCUT2D eigenvalue weighted by Crippen LogP contribution is -2.51. The first-order valence-electron chi connectivity index (χ1n) is 11.7. The van der Waals surface area contributed by atoms with Gasteiger partial charge >= 0.3 is 0 Å². The zero-order valence-electron chi connectivity index (χ0n) is 22.4. The van der Waals surface area contributed by atoms with Gasteiger partial charge in [0.25, 0.3) is 5.91 Å². The fraction of sp³-hybridized carbons (Fsp3) is 0.520. The first-order valence-corrected chi connectivity index (χ1v) is 11.7. The lowest BCUT2D eigenvalue weighted by atomic mass is 9.78. The number of aliphatic hydroxyl groups is 1. The van der Waals surface area contributed by atoms with Crippen molar-refractivity contribution in [1.82, 2.24) is 9.88 Å². The Bertz CT molecular complexity index is 999. The first kappa shape index (κ1) is 31.7. The van der Waals surface area contributed by atoms with E-state index >= 15 is 0 Å². The van der Waals surface area contributed by atoms with Crippen molar-refractivity contribution in [3.8, 4) is 0 Å². The predicted octanol–water partition coefficient (Wildman–Crippen LogP) is 4.67. The Balaban J connectivity index is 0.00000129. The predicted molar refractivity (Wildman–Crippen MR) is 137 cm³/mol. The summed E-state index contributed by atoms with van der Waals surface area (Å²) >= 11 is 0. The van der Waals surface area contributed by atoms with E-state index < -0.39 is 23.2 Å². The van der Waals surface area contributed by atoms with Gasteiger partial charge in [0, 0.05) is 31.3 Å². The number of benzene rings is 1. The van der Waals surface area contributed by atoms with Crippen molar-refractivity contribution >= 4 is 23.5 Å². The van der Waals surface area contributed by atoms with Crippen molar-refractivity contribution in [1.29, 1.82) is 0 Å². The average Bonchev–Trinajstić information content (AvgIpc) is 3.25. The van der Waals surface area contributed by atoms with Gasteiger partial charge < -0.3 is 20.6 Å². The molecule has 3 rings (SSSR count). The maximum atomic E-state index is 14.5. The third-order valence-electron chi connectivity index (χ3n) is 4.54. The van der Waals surface area contributed by atoms with Gasteiger partial charge in [-0.3, -0.25) is 14.5 Å². The summed E-state index contributed by atoms with van der Waals surface area (Å²) in [5.74, 6) is -0.942. The molecule has 196 valence electrons. The SMILES string of the molecule is CC.CC.CC(C)O.Cc1nc(C(=O)Nc2ccc(F)c(C3N=C(N)N(C)C(=O)C3(C)C)c2)co1. The van der Waals surface area contributed by atoms with Gasteiger partial charge in [-0.15, -0.1) is 0 Å². The summed E-state index contributed by atoms with van der Waals surface area (Å²) < 4.78 is 19.6. The summed E-state index contributed by atoms with van der Waals surface area (Å²) in [6.07, 6.45) is 1.07. The normalized spacial score (nSPS) is 16.0. The molecule has 35 heavy (non-hydrogen) atoms. The molecule has 0 spiro atoms. The Kier molecular flexibility index (Phi) is 12.9. The van der Waals surface area contributed by atoms with Crippen LogP contribution >= 0.6 is 0 Å². The fourth-order valence-corrected chi connectivity index (χ4v) is 2.99. The molecule has 0 saturated heterocycles. The van der Waals surface area contributed by atoms with Crippen LogP contribution in [0.25, 0.3) is 0 Å². The lowest BCUT2D eigenvalue weighted by Gasteiger charge is -2.38. The van der Waals surface area contributed by atoms with Crippen LogP contribution in [0.4, 0.5) is 10.1 Å². The van der Waals surface area contributed by atoms with E-state index in [2.05, 4.69) is 15.3 Å². The van der Waals surface area contributed by atoms with E-state index in [0.29, 0.717) is 11.6 Å². The fourth-order valence-electron chi connectivity index (χ4n) is 2.99. The topological polar surface area (TPSA) is 134 Å². The summed E-state index contributed by atoms with van der Waals surface area (Å²) in [7, 11) is 1.52. The standard InChI is InChI=1S/C18H20FN5O3.C3H8O.2C2H6/c1-9-21-13(8-27-9)15(25)22-10-5-6-12(19)11(7-10)14-18(2,3)16(26)24(4)17(20)23-14;1-3(2)4;2*1-2/h5-8,14H,1-4H3,(H2,20,23)(H,22,25);3-4H,1-2H3;2*1-2H3. The summed E-state index contributed by atoms with van der Waals surface area (Å²) in [6.45, 7) is 16.4. The van der Waals surface area contributed by atoms with E-state index in [1.54, 1.807) is 34.6 Å². The van der Waals surface area contributed by atoms with Crippen molar-refractivity contribution in [2.24, 2.45) is 16.1 Å². The summed E-state index contributed by atoms with van der Waals surface area (Å²) in [5, 5.41) is 10.7. The zero-order chi connectivity index (χ0) is 27.5. The second-order valence-corrected chi connectivity index (χ2v) is 8.01. The van der Waals surface area contributed by atoms with E-state index in [-0.39, 0.29) is 29.2 Å². The molecule has 0 aliphatic carbocycles. The third-order valence-corrected chi connectivity index (χ3v) is 4.54. The second kappa shape index (κ2) is 14.2. The molecule has 0 bridgehead atoms. The molecule has 9 nitrogen and oxygen atoms in total. The maximum Gasteiger partial charge on any atom is 0.277 e. The van der Waals surface area contributed by atoms with Crippen molar-refractivity contribution < 1.29 is 23.5 Å². The number of aryl methyl sites for hydroxylation is 1. The van der Waals surface area contributed by atoms with E-state index in [1.165, 1.54) is 36.4 Å². The molecule has 1 atom stereocenters.